The fourth-order valence-corrected chi connectivity index (χ4v) is 3.44. The normalized spacial score (nSPS) is 23.0. The van der Waals surface area contributed by atoms with Crippen molar-refractivity contribution in [1.82, 2.24) is 4.90 Å². The van der Waals surface area contributed by atoms with E-state index in [0.29, 0.717) is 17.0 Å². The third-order valence-electron chi connectivity index (χ3n) is 4.46. The van der Waals surface area contributed by atoms with Crippen LogP contribution in [0.15, 0.2) is 47.0 Å². The molecule has 6 heteroatoms. The number of carbonyl (C=O) groups excluding carboxylic acids is 2. The van der Waals surface area contributed by atoms with Crippen LogP contribution < -0.4 is 10.5 Å². The minimum Gasteiger partial charge on any atom is -0.440 e. The van der Waals surface area contributed by atoms with Crippen molar-refractivity contribution < 1.29 is 14.3 Å². The average molecular weight is 309 g/mol. The van der Waals surface area contributed by atoms with Gasteiger partial charge in [-0.15, -0.1) is 0 Å². The van der Waals surface area contributed by atoms with Gasteiger partial charge in [-0.2, -0.15) is 5.26 Å². The van der Waals surface area contributed by atoms with Gasteiger partial charge in [0, 0.05) is 23.9 Å². The molecule has 116 valence electrons. The number of nitrogens with zero attached hydrogens (tertiary/aromatic N) is 2. The fraction of sp³-hybridized carbons (Fsp3) is 0.235. The molecular weight excluding hydrogens is 294 g/mol. The number of nitriles is 1. The quantitative estimate of drug-likeness (QED) is 0.844. The summed E-state index contributed by atoms with van der Waals surface area (Å²) in [6.07, 6.45) is 0. The molecule has 0 aliphatic carbocycles. The Kier molecular flexibility index (Phi) is 3.04. The van der Waals surface area contributed by atoms with Gasteiger partial charge in [0.2, 0.25) is 11.8 Å². The van der Waals surface area contributed by atoms with Crippen LogP contribution in [-0.2, 0) is 15.0 Å². The number of rotatable bonds is 1. The van der Waals surface area contributed by atoms with Gasteiger partial charge in [0.15, 0.2) is 5.78 Å². The number of carbonyl (C=O) groups is 2. The largest absolute Gasteiger partial charge is 0.440 e. The molecule has 0 saturated heterocycles. The molecule has 2 aliphatic rings. The molecule has 6 nitrogen and oxygen atoms in total. The van der Waals surface area contributed by atoms with Crippen LogP contribution >= 0.6 is 0 Å². The van der Waals surface area contributed by atoms with E-state index in [4.69, 9.17) is 10.5 Å². The van der Waals surface area contributed by atoms with Gasteiger partial charge >= 0.3 is 0 Å². The maximum Gasteiger partial charge on any atom is 0.247 e. The Labute approximate surface area is 133 Å². The number of benzene rings is 1. The number of amides is 1. The van der Waals surface area contributed by atoms with E-state index in [1.54, 1.807) is 38.2 Å². The summed E-state index contributed by atoms with van der Waals surface area (Å²) in [6.45, 7) is 3.07. The highest BCUT2D eigenvalue weighted by Gasteiger charge is 2.60. The smallest absolute Gasteiger partial charge is 0.247 e. The van der Waals surface area contributed by atoms with Gasteiger partial charge in [0.25, 0.3) is 0 Å². The zero-order valence-corrected chi connectivity index (χ0v) is 13.0. The van der Waals surface area contributed by atoms with E-state index < -0.39 is 5.41 Å². The Morgan fingerprint density at radius 1 is 1.39 bits per heavy atom. The summed E-state index contributed by atoms with van der Waals surface area (Å²) in [6, 6.07) is 8.81. The van der Waals surface area contributed by atoms with Crippen molar-refractivity contribution in [1.29, 1.82) is 5.26 Å². The number of Topliss-reactive ketones (excluding diaryl/α,β-unsaturated/α-hetero) is 1. The van der Waals surface area contributed by atoms with Gasteiger partial charge in [-0.1, -0.05) is 18.2 Å². The molecule has 2 aliphatic heterocycles. The van der Waals surface area contributed by atoms with Crippen LogP contribution in [0.1, 0.15) is 19.4 Å². The first-order valence-corrected chi connectivity index (χ1v) is 7.05. The second-order valence-corrected chi connectivity index (χ2v) is 5.58. The summed E-state index contributed by atoms with van der Waals surface area (Å²) in [5.74, 6) is -0.437. The van der Waals surface area contributed by atoms with Crippen molar-refractivity contribution in [2.75, 3.05) is 7.05 Å². The number of hydrogen-bond donors (Lipinski definition) is 1. The molecule has 2 heterocycles. The number of ketones is 1. The molecule has 3 rings (SSSR count). The predicted molar refractivity (Wildman–Crippen MR) is 81.7 cm³/mol. The van der Waals surface area contributed by atoms with Crippen molar-refractivity contribution in [2.24, 2.45) is 5.73 Å². The number of likely N-dealkylation sites (N-methyl/N-ethyl adjacent to an activating group) is 1. The molecule has 1 atom stereocenters. The molecule has 0 unspecified atom stereocenters. The number of para-hydroxylation sites is 1. The van der Waals surface area contributed by atoms with Crippen LogP contribution in [0, 0.1) is 11.3 Å². The Morgan fingerprint density at radius 3 is 2.65 bits per heavy atom. The SMILES string of the molecule is CC(=O)C1=C(C)N(C)C(=O)[C@@]12C(C#N)=C(N)Oc1ccccc12. The molecule has 1 spiro atoms. The van der Waals surface area contributed by atoms with E-state index in [1.165, 1.54) is 11.8 Å². The predicted octanol–water partition coefficient (Wildman–Crippen LogP) is 1.35. The first-order chi connectivity index (χ1) is 10.9. The third kappa shape index (κ3) is 1.62. The summed E-state index contributed by atoms with van der Waals surface area (Å²) in [7, 11) is 1.58. The second kappa shape index (κ2) is 4.71. The van der Waals surface area contributed by atoms with Crippen molar-refractivity contribution >= 4 is 11.7 Å². The lowest BCUT2D eigenvalue weighted by molar-refractivity contribution is -0.130. The molecule has 2 N–H and O–H groups in total. The van der Waals surface area contributed by atoms with Crippen molar-refractivity contribution in [3.63, 3.8) is 0 Å². The lowest BCUT2D eigenvalue weighted by atomic mass is 9.67. The Balaban J connectivity index is 2.51. The molecule has 1 aromatic carbocycles. The maximum absolute atomic E-state index is 13.1. The van der Waals surface area contributed by atoms with Crippen LogP contribution in [0.5, 0.6) is 5.75 Å². The van der Waals surface area contributed by atoms with Gasteiger partial charge in [-0.25, -0.2) is 0 Å². The highest BCUT2D eigenvalue weighted by Crippen LogP contribution is 2.53. The maximum atomic E-state index is 13.1. The summed E-state index contributed by atoms with van der Waals surface area (Å²) in [5.41, 5.74) is 5.57. The third-order valence-corrected chi connectivity index (χ3v) is 4.46. The minimum atomic E-state index is -1.53. The summed E-state index contributed by atoms with van der Waals surface area (Å²) < 4.78 is 5.50. The number of hydrogen-bond acceptors (Lipinski definition) is 5. The summed E-state index contributed by atoms with van der Waals surface area (Å²) >= 11 is 0. The Bertz CT molecular complexity index is 860. The number of ether oxygens (including phenoxy) is 1. The first kappa shape index (κ1) is 14.9. The first-order valence-electron chi connectivity index (χ1n) is 7.05. The van der Waals surface area contributed by atoms with E-state index in [9.17, 15) is 14.9 Å². The number of nitrogens with two attached hydrogens (primary N) is 1. The van der Waals surface area contributed by atoms with Crippen LogP contribution in [0.25, 0.3) is 0 Å². The van der Waals surface area contributed by atoms with Crippen molar-refractivity contribution in [2.45, 2.75) is 19.3 Å². The van der Waals surface area contributed by atoms with E-state index >= 15 is 0 Å². The van der Waals surface area contributed by atoms with Crippen molar-refractivity contribution in [3.8, 4) is 11.8 Å². The van der Waals surface area contributed by atoms with Crippen LogP contribution in [0.4, 0.5) is 0 Å². The van der Waals surface area contributed by atoms with E-state index in [2.05, 4.69) is 0 Å². The number of allylic oxidation sites excluding steroid dienone is 1. The van der Waals surface area contributed by atoms with Gasteiger partial charge in [-0.05, 0) is 19.9 Å². The zero-order valence-electron chi connectivity index (χ0n) is 13.0. The second-order valence-electron chi connectivity index (χ2n) is 5.58. The van der Waals surface area contributed by atoms with E-state index in [-0.39, 0.29) is 28.7 Å². The average Bonchev–Trinajstić information content (AvgIpc) is 2.70. The lowest BCUT2D eigenvalue weighted by Crippen LogP contribution is -2.46. The molecule has 1 amide bonds. The molecule has 0 aromatic heterocycles. The summed E-state index contributed by atoms with van der Waals surface area (Å²) in [5, 5.41) is 9.63. The molecule has 0 bridgehead atoms. The topological polar surface area (TPSA) is 96.4 Å². The molecule has 0 fully saturated rings. The molecule has 23 heavy (non-hydrogen) atoms. The monoisotopic (exact) mass is 309 g/mol. The highest BCUT2D eigenvalue weighted by molar-refractivity contribution is 6.13. The standard InChI is InChI=1S/C17H15N3O3/c1-9-14(10(2)21)17(16(22)20(9)3)11-6-4-5-7-13(11)23-15(19)12(17)8-18/h4-7H,19H2,1-3H3/t17-/m0/s1. The highest BCUT2D eigenvalue weighted by atomic mass is 16.5. The number of fused-ring (bicyclic) bond motifs is 2. The Hall–Kier alpha value is -3.07. The van der Waals surface area contributed by atoms with Gasteiger partial charge in [0.05, 0.1) is 0 Å². The van der Waals surface area contributed by atoms with E-state index in [0.717, 1.165) is 0 Å². The lowest BCUT2D eigenvalue weighted by Gasteiger charge is -2.35. The molecule has 1 aromatic rings. The summed E-state index contributed by atoms with van der Waals surface area (Å²) in [4.78, 5) is 26.9. The fourth-order valence-electron chi connectivity index (χ4n) is 3.44. The van der Waals surface area contributed by atoms with Gasteiger partial charge in [-0.3, -0.25) is 9.59 Å². The van der Waals surface area contributed by atoms with Crippen LogP contribution in [0.3, 0.4) is 0 Å². The van der Waals surface area contributed by atoms with Gasteiger partial charge in [0.1, 0.15) is 22.8 Å². The Morgan fingerprint density at radius 2 is 2.04 bits per heavy atom. The van der Waals surface area contributed by atoms with E-state index in [1.807, 2.05) is 6.07 Å². The molecule has 0 saturated carbocycles. The minimum absolute atomic E-state index is 0.0462. The van der Waals surface area contributed by atoms with Crippen molar-refractivity contribution in [3.05, 3.63) is 52.6 Å². The molecule has 0 radical (unpaired) electrons. The van der Waals surface area contributed by atoms with Gasteiger partial charge < -0.3 is 15.4 Å². The molecular formula is C17H15N3O3. The zero-order chi connectivity index (χ0) is 16.9. The van der Waals surface area contributed by atoms with Crippen LogP contribution in [-0.4, -0.2) is 23.6 Å². The van der Waals surface area contributed by atoms with Crippen LogP contribution in [0.2, 0.25) is 0 Å².